The van der Waals surface area contributed by atoms with Crippen molar-refractivity contribution in [3.63, 3.8) is 0 Å². The highest BCUT2D eigenvalue weighted by atomic mass is 16.4. The molecule has 4 heteroatoms. The minimum absolute atomic E-state index is 0.174. The van der Waals surface area contributed by atoms with Crippen molar-refractivity contribution in [3.05, 3.63) is 23.3 Å². The van der Waals surface area contributed by atoms with Gasteiger partial charge in [0.2, 0.25) is 0 Å². The summed E-state index contributed by atoms with van der Waals surface area (Å²) in [4.78, 5) is 13.1. The van der Waals surface area contributed by atoms with Crippen LogP contribution in [0.1, 0.15) is 29.8 Å². The van der Waals surface area contributed by atoms with Crippen LogP contribution in [0, 0.1) is 6.92 Å². The first kappa shape index (κ1) is 12.4. The lowest BCUT2D eigenvalue weighted by atomic mass is 10.1. The summed E-state index contributed by atoms with van der Waals surface area (Å²) in [6.45, 7) is 7.72. The van der Waals surface area contributed by atoms with Gasteiger partial charge in [-0.2, -0.15) is 0 Å². The van der Waals surface area contributed by atoms with Gasteiger partial charge in [0.25, 0.3) is 0 Å². The third-order valence-corrected chi connectivity index (χ3v) is 2.70. The second kappa shape index (κ2) is 4.88. The molecule has 1 aromatic rings. The predicted octanol–water partition coefficient (Wildman–Crippen LogP) is 2.12. The van der Waals surface area contributed by atoms with E-state index < -0.39 is 5.97 Å². The number of rotatable bonds is 4. The fourth-order valence-corrected chi connectivity index (χ4v) is 1.81. The lowest BCUT2D eigenvalue weighted by molar-refractivity contribution is 0.0698. The first-order valence-corrected chi connectivity index (χ1v) is 5.39. The van der Waals surface area contributed by atoms with Crippen molar-refractivity contribution in [1.29, 1.82) is 0 Å². The number of nitrogens with two attached hydrogens (primary N) is 1. The van der Waals surface area contributed by atoms with E-state index in [0.29, 0.717) is 5.69 Å². The Morgan fingerprint density at radius 1 is 1.38 bits per heavy atom. The van der Waals surface area contributed by atoms with E-state index in [4.69, 9.17) is 10.8 Å². The Kier molecular flexibility index (Phi) is 3.77. The van der Waals surface area contributed by atoms with E-state index in [1.807, 2.05) is 20.8 Å². The van der Waals surface area contributed by atoms with E-state index >= 15 is 0 Å². The highest BCUT2D eigenvalue weighted by Gasteiger charge is 2.13. The van der Waals surface area contributed by atoms with Crippen molar-refractivity contribution in [3.8, 4) is 0 Å². The molecule has 3 N–H and O–H groups in total. The Hall–Kier alpha value is -1.71. The highest BCUT2D eigenvalue weighted by molar-refractivity contribution is 5.95. The summed E-state index contributed by atoms with van der Waals surface area (Å²) in [5.41, 5.74) is 8.12. The molecule has 88 valence electrons. The number of benzene rings is 1. The van der Waals surface area contributed by atoms with Crippen LogP contribution < -0.4 is 10.6 Å². The van der Waals surface area contributed by atoms with Crippen LogP contribution in [-0.4, -0.2) is 24.2 Å². The predicted molar refractivity (Wildman–Crippen MR) is 66.1 cm³/mol. The van der Waals surface area contributed by atoms with Gasteiger partial charge >= 0.3 is 5.97 Å². The molecule has 0 aromatic heterocycles. The molecular formula is C12H18N2O2. The van der Waals surface area contributed by atoms with Crippen LogP contribution in [0.25, 0.3) is 0 Å². The molecule has 0 aliphatic heterocycles. The van der Waals surface area contributed by atoms with E-state index in [1.54, 1.807) is 12.1 Å². The first-order chi connectivity index (χ1) is 7.51. The maximum Gasteiger partial charge on any atom is 0.337 e. The molecule has 0 unspecified atom stereocenters. The quantitative estimate of drug-likeness (QED) is 0.766. The Morgan fingerprint density at radius 3 is 2.38 bits per heavy atom. The van der Waals surface area contributed by atoms with Crippen LogP contribution in [-0.2, 0) is 0 Å². The SMILES string of the molecule is CCN(CC)c1cc(C(=O)O)c(N)cc1C. The van der Waals surface area contributed by atoms with Crippen molar-refractivity contribution in [2.24, 2.45) is 0 Å². The average Bonchev–Trinajstić information content (AvgIpc) is 2.22. The molecule has 0 atom stereocenters. The summed E-state index contributed by atoms with van der Waals surface area (Å²) >= 11 is 0. The smallest absolute Gasteiger partial charge is 0.337 e. The van der Waals surface area contributed by atoms with Crippen LogP contribution >= 0.6 is 0 Å². The van der Waals surface area contributed by atoms with E-state index in [0.717, 1.165) is 24.3 Å². The van der Waals surface area contributed by atoms with Crippen molar-refractivity contribution < 1.29 is 9.90 Å². The Bertz CT molecular complexity index is 398. The molecule has 0 bridgehead atoms. The number of hydrogen-bond donors (Lipinski definition) is 2. The number of nitrogen functional groups attached to an aromatic ring is 1. The molecule has 0 spiro atoms. The molecule has 0 radical (unpaired) electrons. The van der Waals surface area contributed by atoms with Gasteiger partial charge in [-0.05, 0) is 38.5 Å². The summed E-state index contributed by atoms with van der Waals surface area (Å²) in [5.74, 6) is -0.981. The van der Waals surface area contributed by atoms with E-state index in [1.165, 1.54) is 0 Å². The summed E-state index contributed by atoms with van der Waals surface area (Å²) < 4.78 is 0. The largest absolute Gasteiger partial charge is 0.478 e. The van der Waals surface area contributed by atoms with Crippen molar-refractivity contribution in [2.45, 2.75) is 20.8 Å². The topological polar surface area (TPSA) is 66.6 Å². The molecule has 1 aromatic carbocycles. The number of nitrogens with zero attached hydrogens (tertiary/aromatic N) is 1. The molecule has 16 heavy (non-hydrogen) atoms. The molecule has 0 saturated carbocycles. The van der Waals surface area contributed by atoms with Crippen LogP contribution in [0.2, 0.25) is 0 Å². The number of hydrogen-bond acceptors (Lipinski definition) is 3. The van der Waals surface area contributed by atoms with Gasteiger partial charge in [0.05, 0.1) is 5.56 Å². The minimum atomic E-state index is -0.981. The van der Waals surface area contributed by atoms with E-state index in [-0.39, 0.29) is 5.56 Å². The van der Waals surface area contributed by atoms with Crippen LogP contribution in [0.5, 0.6) is 0 Å². The lowest BCUT2D eigenvalue weighted by Crippen LogP contribution is -2.23. The maximum absolute atomic E-state index is 11.0. The van der Waals surface area contributed by atoms with Gasteiger partial charge in [-0.25, -0.2) is 4.79 Å². The Labute approximate surface area is 95.7 Å². The zero-order valence-electron chi connectivity index (χ0n) is 9.95. The van der Waals surface area contributed by atoms with Gasteiger partial charge in [0.1, 0.15) is 0 Å². The average molecular weight is 222 g/mol. The zero-order chi connectivity index (χ0) is 12.3. The standard InChI is InChI=1S/C12H18N2O2/c1-4-14(5-2)11-7-9(12(15)16)10(13)6-8(11)3/h6-7H,4-5,13H2,1-3H3,(H,15,16). The van der Waals surface area contributed by atoms with Crippen LogP contribution in [0.15, 0.2) is 12.1 Å². The second-order valence-electron chi connectivity index (χ2n) is 3.70. The van der Waals surface area contributed by atoms with Crippen LogP contribution in [0.4, 0.5) is 11.4 Å². The van der Waals surface area contributed by atoms with Gasteiger partial charge in [0, 0.05) is 24.5 Å². The minimum Gasteiger partial charge on any atom is -0.478 e. The molecule has 0 amide bonds. The van der Waals surface area contributed by atoms with Gasteiger partial charge in [0.15, 0.2) is 0 Å². The highest BCUT2D eigenvalue weighted by Crippen LogP contribution is 2.26. The van der Waals surface area contributed by atoms with Crippen molar-refractivity contribution >= 4 is 17.3 Å². The van der Waals surface area contributed by atoms with Gasteiger partial charge in [-0.15, -0.1) is 0 Å². The lowest BCUT2D eigenvalue weighted by Gasteiger charge is -2.24. The molecule has 0 fully saturated rings. The fraction of sp³-hybridized carbons (Fsp3) is 0.417. The number of carboxylic acids is 1. The monoisotopic (exact) mass is 222 g/mol. The summed E-state index contributed by atoms with van der Waals surface area (Å²) in [5, 5.41) is 9.01. The zero-order valence-corrected chi connectivity index (χ0v) is 9.95. The second-order valence-corrected chi connectivity index (χ2v) is 3.70. The van der Waals surface area contributed by atoms with E-state index in [9.17, 15) is 4.79 Å². The van der Waals surface area contributed by atoms with Gasteiger partial charge in [-0.3, -0.25) is 0 Å². The molecule has 4 nitrogen and oxygen atoms in total. The normalized spacial score (nSPS) is 10.2. The van der Waals surface area contributed by atoms with Crippen LogP contribution in [0.3, 0.4) is 0 Å². The molecule has 0 aliphatic carbocycles. The summed E-state index contributed by atoms with van der Waals surface area (Å²) in [6, 6.07) is 3.37. The summed E-state index contributed by atoms with van der Waals surface area (Å²) in [6.07, 6.45) is 0. The molecule has 0 aliphatic rings. The van der Waals surface area contributed by atoms with Crippen molar-refractivity contribution in [2.75, 3.05) is 23.7 Å². The van der Waals surface area contributed by atoms with E-state index in [2.05, 4.69) is 4.90 Å². The molecular weight excluding hydrogens is 204 g/mol. The number of aryl methyl sites for hydroxylation is 1. The van der Waals surface area contributed by atoms with Gasteiger partial charge < -0.3 is 15.7 Å². The van der Waals surface area contributed by atoms with Gasteiger partial charge in [-0.1, -0.05) is 0 Å². The number of aromatic carboxylic acids is 1. The fourth-order valence-electron chi connectivity index (χ4n) is 1.81. The first-order valence-electron chi connectivity index (χ1n) is 5.39. The Balaban J connectivity index is 3.29. The number of carbonyl (C=O) groups is 1. The summed E-state index contributed by atoms with van der Waals surface area (Å²) in [7, 11) is 0. The third kappa shape index (κ3) is 2.27. The maximum atomic E-state index is 11.0. The Morgan fingerprint density at radius 2 is 1.94 bits per heavy atom. The number of anilines is 2. The molecule has 0 saturated heterocycles. The number of carboxylic acid groups (broad SMARTS) is 1. The van der Waals surface area contributed by atoms with Crippen molar-refractivity contribution in [1.82, 2.24) is 0 Å². The third-order valence-electron chi connectivity index (χ3n) is 2.70. The molecule has 1 rings (SSSR count). The molecule has 0 heterocycles.